The van der Waals surface area contributed by atoms with Crippen LogP contribution in [0.1, 0.15) is 31.1 Å². The summed E-state index contributed by atoms with van der Waals surface area (Å²) in [5.41, 5.74) is 1.86. The molecule has 0 saturated heterocycles. The molecule has 2 heterocycles. The van der Waals surface area contributed by atoms with E-state index in [1.54, 1.807) is 32.4 Å². The number of aliphatic hydroxyl groups is 1. The number of hydrogen-bond donors (Lipinski definition) is 1. The lowest BCUT2D eigenvalue weighted by molar-refractivity contribution is 0.0282. The summed E-state index contributed by atoms with van der Waals surface area (Å²) < 4.78 is 8.79. The number of halogens is 3. The Bertz CT molecular complexity index is 819. The first kappa shape index (κ1) is 22.2. The fourth-order valence-corrected chi connectivity index (χ4v) is 3.63. The number of rotatable bonds is 6. The van der Waals surface area contributed by atoms with Crippen LogP contribution in [0, 0.1) is 0 Å². The summed E-state index contributed by atoms with van der Waals surface area (Å²) in [6.07, 6.45) is 4.97. The molecule has 4 nitrogen and oxygen atoms in total. The summed E-state index contributed by atoms with van der Waals surface area (Å²) in [7, 11) is 0. The highest BCUT2D eigenvalue weighted by atomic mass is 35.5. The van der Waals surface area contributed by atoms with Crippen molar-refractivity contribution in [1.29, 1.82) is 0 Å². The second-order valence-corrected chi connectivity index (χ2v) is 8.40. The minimum atomic E-state index is -0.232. The van der Waals surface area contributed by atoms with Gasteiger partial charge < -0.3 is 14.4 Å². The van der Waals surface area contributed by atoms with E-state index in [-0.39, 0.29) is 12.2 Å². The molecule has 0 spiro atoms. The van der Waals surface area contributed by atoms with Crippen molar-refractivity contribution >= 4 is 46.1 Å². The van der Waals surface area contributed by atoms with Crippen LogP contribution >= 0.6 is 46.1 Å². The van der Waals surface area contributed by atoms with Gasteiger partial charge >= 0.3 is 0 Å². The Balaban J connectivity index is 0.000000596. The monoisotopic (exact) mass is 446 g/mol. The van der Waals surface area contributed by atoms with Gasteiger partial charge in [0.1, 0.15) is 6.10 Å². The van der Waals surface area contributed by atoms with Gasteiger partial charge in [0.25, 0.3) is 0 Å². The molecule has 0 bridgehead atoms. The van der Waals surface area contributed by atoms with Gasteiger partial charge in [-0.05, 0) is 37.4 Å². The second kappa shape index (κ2) is 11.1. The molecule has 2 aromatic heterocycles. The van der Waals surface area contributed by atoms with E-state index in [1.165, 1.54) is 11.3 Å². The zero-order valence-electron chi connectivity index (χ0n) is 15.0. The molecule has 1 aromatic carbocycles. The van der Waals surface area contributed by atoms with Crippen LogP contribution in [0.4, 0.5) is 0 Å². The molecular formula is C19H21Cl3N2O2S. The normalized spacial score (nSPS) is 12.0. The quantitative estimate of drug-likeness (QED) is 0.486. The van der Waals surface area contributed by atoms with Crippen molar-refractivity contribution in [1.82, 2.24) is 9.55 Å². The maximum Gasteiger partial charge on any atom is 0.102 e. The van der Waals surface area contributed by atoms with Crippen LogP contribution in [-0.4, -0.2) is 20.8 Å². The van der Waals surface area contributed by atoms with Crippen molar-refractivity contribution < 1.29 is 9.84 Å². The van der Waals surface area contributed by atoms with Crippen molar-refractivity contribution in [2.45, 2.75) is 39.2 Å². The van der Waals surface area contributed by atoms with Crippen molar-refractivity contribution in [3.63, 3.8) is 0 Å². The molecule has 1 unspecified atom stereocenters. The first-order chi connectivity index (χ1) is 12.9. The Labute approximate surface area is 178 Å². The van der Waals surface area contributed by atoms with Gasteiger partial charge in [0.05, 0.1) is 23.8 Å². The summed E-state index contributed by atoms with van der Waals surface area (Å²) >= 11 is 20.0. The first-order valence-electron chi connectivity index (χ1n) is 8.29. The molecule has 0 radical (unpaired) electrons. The van der Waals surface area contributed by atoms with Crippen molar-refractivity contribution in [2.24, 2.45) is 0 Å². The van der Waals surface area contributed by atoms with Crippen LogP contribution in [0.3, 0.4) is 0 Å². The first-order valence-corrected chi connectivity index (χ1v) is 10.3. The molecule has 0 aliphatic heterocycles. The Morgan fingerprint density at radius 3 is 2.52 bits per heavy atom. The molecule has 3 aromatic rings. The Kier molecular flexibility index (Phi) is 9.09. The van der Waals surface area contributed by atoms with Crippen LogP contribution in [0.5, 0.6) is 0 Å². The van der Waals surface area contributed by atoms with E-state index in [2.05, 4.69) is 4.98 Å². The molecule has 0 saturated carbocycles. The van der Waals surface area contributed by atoms with Crippen LogP contribution in [0.2, 0.25) is 14.4 Å². The van der Waals surface area contributed by atoms with Gasteiger partial charge in [-0.3, -0.25) is 0 Å². The smallest absolute Gasteiger partial charge is 0.102 e. The van der Waals surface area contributed by atoms with E-state index in [9.17, 15) is 0 Å². The predicted molar refractivity (Wildman–Crippen MR) is 113 cm³/mol. The lowest BCUT2D eigenvalue weighted by Crippen LogP contribution is -2.12. The van der Waals surface area contributed by atoms with Gasteiger partial charge in [-0.25, -0.2) is 4.98 Å². The van der Waals surface area contributed by atoms with Crippen LogP contribution < -0.4 is 0 Å². The van der Waals surface area contributed by atoms with E-state index in [0.717, 1.165) is 15.5 Å². The molecule has 0 amide bonds. The lowest BCUT2D eigenvalue weighted by Gasteiger charge is -2.20. The van der Waals surface area contributed by atoms with E-state index >= 15 is 0 Å². The average molecular weight is 448 g/mol. The maximum atomic E-state index is 8.06. The second-order valence-electron chi connectivity index (χ2n) is 6.04. The summed E-state index contributed by atoms with van der Waals surface area (Å²) in [5, 5.41) is 11.2. The lowest BCUT2D eigenvalue weighted by atomic mass is 10.1. The van der Waals surface area contributed by atoms with Crippen LogP contribution in [-0.2, 0) is 17.9 Å². The van der Waals surface area contributed by atoms with Crippen molar-refractivity contribution in [3.05, 3.63) is 73.9 Å². The van der Waals surface area contributed by atoms with E-state index < -0.39 is 0 Å². The topological polar surface area (TPSA) is 47.3 Å². The number of hydrogen-bond acceptors (Lipinski definition) is 4. The van der Waals surface area contributed by atoms with Crippen LogP contribution in [0.15, 0.2) is 48.4 Å². The van der Waals surface area contributed by atoms with Gasteiger partial charge in [0.15, 0.2) is 0 Å². The van der Waals surface area contributed by atoms with Crippen molar-refractivity contribution in [3.8, 4) is 0 Å². The summed E-state index contributed by atoms with van der Waals surface area (Å²) in [6, 6.07) is 7.39. The number of aromatic nitrogens is 2. The zero-order valence-corrected chi connectivity index (χ0v) is 18.1. The number of benzene rings is 1. The highest BCUT2D eigenvalue weighted by Gasteiger charge is 2.17. The fourth-order valence-electron chi connectivity index (χ4n) is 2.20. The summed E-state index contributed by atoms with van der Waals surface area (Å²) in [6.45, 7) is 4.46. The molecule has 1 atom stereocenters. The Hall–Kier alpha value is -1.08. The number of imidazole rings is 1. The fraction of sp³-hybridized carbons (Fsp3) is 0.316. The predicted octanol–water partition coefficient (Wildman–Crippen LogP) is 6.25. The molecule has 27 heavy (non-hydrogen) atoms. The standard InChI is InChI=1S/C16H13Cl3N2OS.C3H8O/c17-12-1-2-13(14(18)7-12)15(8-21-5-4-20-10-21)22-9-11-3-6-23-16(11)19;1-3(2)4/h1-7,10,15H,8-9H2;3-4H,1-2H3. The highest BCUT2D eigenvalue weighted by molar-refractivity contribution is 7.14. The number of aliphatic hydroxyl groups excluding tert-OH is 1. The highest BCUT2D eigenvalue weighted by Crippen LogP contribution is 2.32. The van der Waals surface area contributed by atoms with Crippen molar-refractivity contribution in [2.75, 3.05) is 0 Å². The van der Waals surface area contributed by atoms with Gasteiger partial charge in [-0.1, -0.05) is 40.9 Å². The summed E-state index contributed by atoms with van der Waals surface area (Å²) in [4.78, 5) is 4.06. The van der Waals surface area contributed by atoms with E-state index in [4.69, 9.17) is 44.6 Å². The average Bonchev–Trinajstić information content (AvgIpc) is 3.23. The van der Waals surface area contributed by atoms with Gasteiger partial charge in [-0.15, -0.1) is 11.3 Å². The Morgan fingerprint density at radius 1 is 1.22 bits per heavy atom. The molecule has 0 aliphatic rings. The third kappa shape index (κ3) is 7.45. The molecule has 8 heteroatoms. The third-order valence-electron chi connectivity index (χ3n) is 3.38. The zero-order chi connectivity index (χ0) is 19.8. The number of thiophene rings is 1. The Morgan fingerprint density at radius 2 is 1.96 bits per heavy atom. The molecular weight excluding hydrogens is 427 g/mol. The molecule has 3 rings (SSSR count). The molecule has 146 valence electrons. The molecule has 0 fully saturated rings. The van der Waals surface area contributed by atoms with Crippen LogP contribution in [0.25, 0.3) is 0 Å². The van der Waals surface area contributed by atoms with Gasteiger partial charge in [-0.2, -0.15) is 0 Å². The van der Waals surface area contributed by atoms with E-state index in [0.29, 0.717) is 23.2 Å². The van der Waals surface area contributed by atoms with E-state index in [1.807, 2.05) is 34.3 Å². The summed E-state index contributed by atoms with van der Waals surface area (Å²) in [5.74, 6) is 0. The maximum absolute atomic E-state index is 8.06. The minimum absolute atomic E-state index is 0.167. The largest absolute Gasteiger partial charge is 0.394 e. The number of nitrogens with zero attached hydrogens (tertiary/aromatic N) is 2. The third-order valence-corrected chi connectivity index (χ3v) is 5.19. The number of ether oxygens (including phenoxy) is 1. The minimum Gasteiger partial charge on any atom is -0.394 e. The molecule has 1 N–H and O–H groups in total. The van der Waals surface area contributed by atoms with Gasteiger partial charge in [0.2, 0.25) is 0 Å². The molecule has 0 aliphatic carbocycles. The van der Waals surface area contributed by atoms with Gasteiger partial charge in [0, 0.05) is 39.7 Å². The SMILES string of the molecule is CC(C)O.Clc1ccc(C(Cn2ccnc2)OCc2ccsc2Cl)c(Cl)c1.